The first kappa shape index (κ1) is 19.8. The summed E-state index contributed by atoms with van der Waals surface area (Å²) in [5.41, 5.74) is 9.71. The van der Waals surface area contributed by atoms with E-state index in [2.05, 4.69) is 5.10 Å². The Labute approximate surface area is 165 Å². The van der Waals surface area contributed by atoms with Crippen molar-refractivity contribution < 1.29 is 9.18 Å². The maximum absolute atomic E-state index is 13.2. The van der Waals surface area contributed by atoms with Crippen LogP contribution in [-0.4, -0.2) is 39.7 Å². The largest absolute Gasteiger partial charge is 0.342 e. The number of nitrogens with zero attached hydrogens (tertiary/aromatic N) is 3. The second-order valence-electron chi connectivity index (χ2n) is 7.68. The highest BCUT2D eigenvalue weighted by molar-refractivity contribution is 5.85. The molecule has 146 valence electrons. The number of amides is 1. The van der Waals surface area contributed by atoms with Gasteiger partial charge in [-0.3, -0.25) is 4.79 Å². The van der Waals surface area contributed by atoms with E-state index in [-0.39, 0.29) is 30.2 Å². The molecule has 2 heterocycles. The van der Waals surface area contributed by atoms with Crippen molar-refractivity contribution in [1.29, 1.82) is 0 Å². The Morgan fingerprint density at radius 3 is 2.59 bits per heavy atom. The third kappa shape index (κ3) is 3.60. The summed E-state index contributed by atoms with van der Waals surface area (Å²) in [5, 5.41) is 4.56. The number of aromatic nitrogens is 2. The van der Waals surface area contributed by atoms with Gasteiger partial charge in [-0.1, -0.05) is 0 Å². The normalized spacial score (nSPS) is 24.0. The number of benzene rings is 1. The highest BCUT2D eigenvalue weighted by Crippen LogP contribution is 2.37. The molecule has 27 heavy (non-hydrogen) atoms. The van der Waals surface area contributed by atoms with Gasteiger partial charge in [-0.2, -0.15) is 5.10 Å². The molecule has 2 fully saturated rings. The third-order valence-electron chi connectivity index (χ3n) is 6.11. The zero-order valence-electron chi connectivity index (χ0n) is 15.7. The van der Waals surface area contributed by atoms with Crippen molar-refractivity contribution in [1.82, 2.24) is 14.7 Å². The maximum Gasteiger partial charge on any atom is 0.227 e. The number of fused-ring (bicyclic) bond motifs is 1. The molecule has 1 amide bonds. The fourth-order valence-electron chi connectivity index (χ4n) is 4.54. The van der Waals surface area contributed by atoms with Crippen molar-refractivity contribution in [2.45, 2.75) is 39.2 Å². The first-order valence-electron chi connectivity index (χ1n) is 9.28. The molecule has 1 aromatic carbocycles. The van der Waals surface area contributed by atoms with Crippen LogP contribution < -0.4 is 5.73 Å². The van der Waals surface area contributed by atoms with Crippen LogP contribution in [0, 0.1) is 31.5 Å². The van der Waals surface area contributed by atoms with Gasteiger partial charge in [0.1, 0.15) is 5.82 Å². The Morgan fingerprint density at radius 2 is 1.93 bits per heavy atom. The number of nitrogens with two attached hydrogens (primary N) is 1. The lowest BCUT2D eigenvalue weighted by Gasteiger charge is -2.19. The molecule has 5 nitrogen and oxygen atoms in total. The van der Waals surface area contributed by atoms with Crippen molar-refractivity contribution in [3.63, 3.8) is 0 Å². The molecule has 2 N–H and O–H groups in total. The van der Waals surface area contributed by atoms with Crippen molar-refractivity contribution >= 4 is 18.3 Å². The molecule has 3 atom stereocenters. The summed E-state index contributed by atoms with van der Waals surface area (Å²) in [7, 11) is 0. The van der Waals surface area contributed by atoms with Gasteiger partial charge in [-0.15, -0.1) is 12.4 Å². The van der Waals surface area contributed by atoms with E-state index in [1.54, 1.807) is 16.8 Å². The number of carbonyl (C=O) groups is 1. The van der Waals surface area contributed by atoms with Crippen LogP contribution in [0.25, 0.3) is 5.69 Å². The number of likely N-dealkylation sites (tertiary alicyclic amines) is 1. The molecular weight excluding hydrogens is 367 g/mol. The van der Waals surface area contributed by atoms with Crippen LogP contribution in [0.4, 0.5) is 4.39 Å². The average molecular weight is 393 g/mol. The summed E-state index contributed by atoms with van der Waals surface area (Å²) in [6, 6.07) is 6.47. The van der Waals surface area contributed by atoms with E-state index in [1.165, 1.54) is 12.1 Å². The van der Waals surface area contributed by atoms with Crippen molar-refractivity contribution in [3.05, 3.63) is 47.0 Å². The molecule has 4 rings (SSSR count). The molecule has 1 saturated heterocycles. The number of hydrogen-bond acceptors (Lipinski definition) is 3. The highest BCUT2D eigenvalue weighted by Gasteiger charge is 2.42. The second-order valence-corrected chi connectivity index (χ2v) is 7.68. The van der Waals surface area contributed by atoms with E-state index >= 15 is 0 Å². The quantitative estimate of drug-likeness (QED) is 0.873. The molecule has 1 saturated carbocycles. The Bertz CT molecular complexity index is 835. The van der Waals surface area contributed by atoms with Crippen LogP contribution >= 0.6 is 12.4 Å². The Kier molecular flexibility index (Phi) is 5.58. The molecule has 2 aliphatic rings. The molecular formula is C20H26ClFN4O. The van der Waals surface area contributed by atoms with Gasteiger partial charge in [0.2, 0.25) is 5.91 Å². The van der Waals surface area contributed by atoms with Gasteiger partial charge >= 0.3 is 0 Å². The molecule has 3 unspecified atom stereocenters. The van der Waals surface area contributed by atoms with E-state index in [9.17, 15) is 9.18 Å². The lowest BCUT2D eigenvalue weighted by Crippen LogP contribution is -2.34. The highest BCUT2D eigenvalue weighted by atomic mass is 35.5. The minimum Gasteiger partial charge on any atom is -0.342 e. The van der Waals surface area contributed by atoms with Gasteiger partial charge in [-0.25, -0.2) is 9.07 Å². The zero-order chi connectivity index (χ0) is 18.4. The average Bonchev–Trinajstić information content (AvgIpc) is 3.27. The van der Waals surface area contributed by atoms with E-state index < -0.39 is 0 Å². The van der Waals surface area contributed by atoms with E-state index in [4.69, 9.17) is 5.73 Å². The topological polar surface area (TPSA) is 64.2 Å². The number of aryl methyl sites for hydroxylation is 1. The van der Waals surface area contributed by atoms with Crippen molar-refractivity contribution in [2.24, 2.45) is 17.6 Å². The predicted octanol–water partition coefficient (Wildman–Crippen LogP) is 2.79. The first-order chi connectivity index (χ1) is 12.4. The van der Waals surface area contributed by atoms with E-state index in [0.717, 1.165) is 48.6 Å². The zero-order valence-corrected chi connectivity index (χ0v) is 16.5. The minimum atomic E-state index is -0.275. The molecule has 7 heteroatoms. The van der Waals surface area contributed by atoms with Gasteiger partial charge in [0, 0.05) is 30.4 Å². The van der Waals surface area contributed by atoms with Gasteiger partial charge < -0.3 is 10.6 Å². The molecule has 1 aliphatic carbocycles. The van der Waals surface area contributed by atoms with Gasteiger partial charge in [0.15, 0.2) is 0 Å². The minimum absolute atomic E-state index is 0. The Morgan fingerprint density at radius 1 is 1.22 bits per heavy atom. The van der Waals surface area contributed by atoms with Crippen molar-refractivity contribution in [2.75, 3.05) is 13.1 Å². The van der Waals surface area contributed by atoms with E-state index in [0.29, 0.717) is 18.3 Å². The third-order valence-corrected chi connectivity index (χ3v) is 6.11. The van der Waals surface area contributed by atoms with Crippen LogP contribution in [0.15, 0.2) is 24.3 Å². The van der Waals surface area contributed by atoms with Gasteiger partial charge in [0.25, 0.3) is 0 Å². The molecule has 1 aromatic heterocycles. The van der Waals surface area contributed by atoms with Crippen LogP contribution in [-0.2, 0) is 11.2 Å². The summed E-state index contributed by atoms with van der Waals surface area (Å²) < 4.78 is 15.0. The lowest BCUT2D eigenvalue weighted by atomic mass is 9.98. The molecule has 0 radical (unpaired) electrons. The van der Waals surface area contributed by atoms with Gasteiger partial charge in [0.05, 0.1) is 17.8 Å². The summed E-state index contributed by atoms with van der Waals surface area (Å²) in [6.07, 6.45) is 2.57. The van der Waals surface area contributed by atoms with Gasteiger partial charge in [-0.05, 0) is 62.8 Å². The smallest absolute Gasteiger partial charge is 0.227 e. The molecule has 0 spiro atoms. The summed E-state index contributed by atoms with van der Waals surface area (Å²) in [4.78, 5) is 14.8. The number of carbonyl (C=O) groups excluding carboxylic acids is 1. The second kappa shape index (κ2) is 7.60. The first-order valence-corrected chi connectivity index (χ1v) is 9.28. The lowest BCUT2D eigenvalue weighted by molar-refractivity contribution is -0.129. The molecule has 2 aromatic rings. The summed E-state index contributed by atoms with van der Waals surface area (Å²) >= 11 is 0. The Hall–Kier alpha value is -1.92. The Balaban J connectivity index is 0.00000210. The molecule has 0 bridgehead atoms. The number of rotatable bonds is 3. The standard InChI is InChI=1S/C20H25FN4O.ClH/c1-12-17(13(2)25(23-12)16-6-4-15(21)5-7-16)9-20(26)24-10-14-3-8-19(22)18(14)11-24;/h4-7,14,18-19H,3,8-11,22H2,1-2H3;1H. The number of hydrogen-bond donors (Lipinski definition) is 1. The maximum atomic E-state index is 13.2. The monoisotopic (exact) mass is 392 g/mol. The number of halogens is 2. The summed E-state index contributed by atoms with van der Waals surface area (Å²) in [6.45, 7) is 5.50. The fraction of sp³-hybridized carbons (Fsp3) is 0.500. The van der Waals surface area contributed by atoms with Crippen LogP contribution in [0.3, 0.4) is 0 Å². The predicted molar refractivity (Wildman–Crippen MR) is 105 cm³/mol. The SMILES string of the molecule is Cc1nn(-c2ccc(F)cc2)c(C)c1CC(=O)N1CC2CCC(N)C2C1.Cl. The van der Waals surface area contributed by atoms with Crippen LogP contribution in [0.2, 0.25) is 0 Å². The van der Waals surface area contributed by atoms with Crippen LogP contribution in [0.1, 0.15) is 29.8 Å². The molecule has 1 aliphatic heterocycles. The summed E-state index contributed by atoms with van der Waals surface area (Å²) in [5.74, 6) is 0.904. The van der Waals surface area contributed by atoms with Crippen LogP contribution in [0.5, 0.6) is 0 Å². The fourth-order valence-corrected chi connectivity index (χ4v) is 4.54. The van der Waals surface area contributed by atoms with E-state index in [1.807, 2.05) is 18.7 Å². The van der Waals surface area contributed by atoms with Crippen molar-refractivity contribution in [3.8, 4) is 5.69 Å².